The second kappa shape index (κ2) is 5.22. The first-order chi connectivity index (χ1) is 10.8. The molecule has 0 aliphatic rings. The van der Waals surface area contributed by atoms with Crippen molar-refractivity contribution in [3.63, 3.8) is 0 Å². The molecule has 2 N–H and O–H groups in total. The Morgan fingerprint density at radius 1 is 1.04 bits per heavy atom. The summed E-state index contributed by atoms with van der Waals surface area (Å²) in [6.07, 6.45) is -0.209. The molecule has 3 aromatic rings. The van der Waals surface area contributed by atoms with Crippen molar-refractivity contribution in [2.75, 3.05) is 5.73 Å². The summed E-state index contributed by atoms with van der Waals surface area (Å²) in [6.45, 7) is 3.53. The zero-order valence-corrected chi connectivity index (χ0v) is 12.6. The van der Waals surface area contributed by atoms with Crippen molar-refractivity contribution in [2.24, 2.45) is 0 Å². The van der Waals surface area contributed by atoms with Crippen molar-refractivity contribution >= 4 is 16.5 Å². The monoisotopic (exact) mass is 317 g/mol. The molecular formula is C17H14F3N3. The maximum atomic E-state index is 13.6. The minimum absolute atomic E-state index is 0.0405. The molecule has 0 bridgehead atoms. The van der Waals surface area contributed by atoms with Crippen LogP contribution in [0.2, 0.25) is 0 Å². The van der Waals surface area contributed by atoms with Crippen LogP contribution < -0.4 is 5.73 Å². The number of nitrogen functional groups attached to an aromatic ring is 1. The van der Waals surface area contributed by atoms with Crippen LogP contribution in [0, 0.1) is 13.8 Å². The van der Waals surface area contributed by atoms with Crippen LogP contribution >= 0.6 is 0 Å². The average molecular weight is 317 g/mol. The summed E-state index contributed by atoms with van der Waals surface area (Å²) in [7, 11) is 0. The van der Waals surface area contributed by atoms with Gasteiger partial charge in [0.1, 0.15) is 0 Å². The lowest BCUT2D eigenvalue weighted by Gasteiger charge is -2.18. The maximum Gasteiger partial charge on any atom is 0.419 e. The molecule has 0 spiro atoms. The molecule has 2 aromatic heterocycles. The topological polar surface area (TPSA) is 51.8 Å². The van der Waals surface area contributed by atoms with Crippen LogP contribution in [0.25, 0.3) is 21.9 Å². The normalized spacial score (nSPS) is 11.9. The first-order valence-electron chi connectivity index (χ1n) is 6.96. The van der Waals surface area contributed by atoms with Gasteiger partial charge in [-0.15, -0.1) is 0 Å². The van der Waals surface area contributed by atoms with Crippen molar-refractivity contribution in [2.45, 2.75) is 20.0 Å². The molecule has 6 heteroatoms. The number of rotatable bonds is 1. The molecule has 23 heavy (non-hydrogen) atoms. The fourth-order valence-electron chi connectivity index (χ4n) is 2.70. The average Bonchev–Trinajstić information content (AvgIpc) is 2.45. The number of alkyl halides is 3. The van der Waals surface area contributed by atoms with Gasteiger partial charge in [-0.3, -0.25) is 9.97 Å². The summed E-state index contributed by atoms with van der Waals surface area (Å²) in [6, 6.07) is 4.90. The lowest BCUT2D eigenvalue weighted by molar-refractivity contribution is -0.136. The molecule has 2 heterocycles. The molecule has 0 radical (unpaired) electrons. The lowest BCUT2D eigenvalue weighted by Crippen LogP contribution is -2.12. The zero-order chi connectivity index (χ0) is 16.8. The Hall–Kier alpha value is -2.63. The van der Waals surface area contributed by atoms with Crippen LogP contribution in [-0.2, 0) is 6.18 Å². The summed E-state index contributed by atoms with van der Waals surface area (Å²) in [5.41, 5.74) is 6.59. The number of aryl methyl sites for hydroxylation is 2. The number of nitrogens with zero attached hydrogens (tertiary/aromatic N) is 2. The van der Waals surface area contributed by atoms with E-state index in [1.165, 1.54) is 18.5 Å². The predicted molar refractivity (Wildman–Crippen MR) is 83.9 cm³/mol. The van der Waals surface area contributed by atoms with E-state index in [1.54, 1.807) is 32.2 Å². The van der Waals surface area contributed by atoms with E-state index in [4.69, 9.17) is 5.73 Å². The Bertz CT molecular complexity index is 901. The third-order valence-corrected chi connectivity index (χ3v) is 3.81. The minimum Gasteiger partial charge on any atom is -0.398 e. The molecular weight excluding hydrogens is 303 g/mol. The molecule has 0 amide bonds. The van der Waals surface area contributed by atoms with Crippen LogP contribution in [0.15, 0.2) is 36.8 Å². The third kappa shape index (κ3) is 2.60. The number of fused-ring (bicyclic) bond motifs is 1. The van der Waals surface area contributed by atoms with Crippen molar-refractivity contribution in [3.05, 3.63) is 53.6 Å². The van der Waals surface area contributed by atoms with Gasteiger partial charge in [0.2, 0.25) is 0 Å². The lowest BCUT2D eigenvalue weighted by atomic mass is 9.92. The summed E-state index contributed by atoms with van der Waals surface area (Å²) in [5.74, 6) is 0. The van der Waals surface area contributed by atoms with Gasteiger partial charge < -0.3 is 5.73 Å². The summed E-state index contributed by atoms with van der Waals surface area (Å²) in [4.78, 5) is 8.00. The maximum absolute atomic E-state index is 13.6. The fourth-order valence-corrected chi connectivity index (χ4v) is 2.70. The second-order valence-electron chi connectivity index (χ2n) is 5.45. The number of benzene rings is 1. The molecule has 0 atom stereocenters. The number of halogens is 3. The number of pyridine rings is 2. The Morgan fingerprint density at radius 2 is 1.78 bits per heavy atom. The minimum atomic E-state index is -4.57. The van der Waals surface area contributed by atoms with Gasteiger partial charge in [-0.25, -0.2) is 0 Å². The summed E-state index contributed by atoms with van der Waals surface area (Å²) < 4.78 is 40.8. The van der Waals surface area contributed by atoms with Crippen LogP contribution in [0.5, 0.6) is 0 Å². The van der Waals surface area contributed by atoms with Crippen molar-refractivity contribution in [1.82, 2.24) is 9.97 Å². The molecule has 0 aliphatic carbocycles. The molecule has 3 rings (SSSR count). The van der Waals surface area contributed by atoms with Crippen molar-refractivity contribution < 1.29 is 13.2 Å². The van der Waals surface area contributed by atoms with E-state index in [9.17, 15) is 13.2 Å². The zero-order valence-electron chi connectivity index (χ0n) is 12.6. The second-order valence-corrected chi connectivity index (χ2v) is 5.45. The molecule has 0 saturated carbocycles. The smallest absolute Gasteiger partial charge is 0.398 e. The van der Waals surface area contributed by atoms with Gasteiger partial charge in [0.25, 0.3) is 0 Å². The first-order valence-corrected chi connectivity index (χ1v) is 6.96. The number of hydrogen-bond acceptors (Lipinski definition) is 3. The Balaban J connectivity index is 2.46. The van der Waals surface area contributed by atoms with E-state index in [0.717, 1.165) is 0 Å². The predicted octanol–water partition coefficient (Wildman–Crippen LogP) is 4.51. The third-order valence-electron chi connectivity index (χ3n) is 3.81. The van der Waals surface area contributed by atoms with Crippen molar-refractivity contribution in [1.29, 1.82) is 0 Å². The van der Waals surface area contributed by atoms with E-state index in [2.05, 4.69) is 9.97 Å². The quantitative estimate of drug-likeness (QED) is 0.672. The largest absolute Gasteiger partial charge is 0.419 e. The van der Waals surface area contributed by atoms with E-state index in [1.807, 2.05) is 0 Å². The summed E-state index contributed by atoms with van der Waals surface area (Å²) in [5, 5.41) is 0.925. The van der Waals surface area contributed by atoms with Gasteiger partial charge in [0.05, 0.1) is 11.3 Å². The number of nitrogens with two attached hydrogens (primary N) is 1. The van der Waals surface area contributed by atoms with Gasteiger partial charge in [0, 0.05) is 35.2 Å². The molecule has 118 valence electrons. The highest BCUT2D eigenvalue weighted by molar-refractivity contribution is 5.99. The fraction of sp³-hybridized carbons (Fsp3) is 0.176. The van der Waals surface area contributed by atoms with Crippen LogP contribution in [0.1, 0.15) is 16.8 Å². The van der Waals surface area contributed by atoms with Gasteiger partial charge in [-0.2, -0.15) is 13.2 Å². The molecule has 0 saturated heterocycles. The number of hydrogen-bond donors (Lipinski definition) is 1. The van der Waals surface area contributed by atoms with Crippen LogP contribution in [0.3, 0.4) is 0 Å². The van der Waals surface area contributed by atoms with E-state index < -0.39 is 11.7 Å². The highest BCUT2D eigenvalue weighted by Crippen LogP contribution is 2.44. The van der Waals surface area contributed by atoms with Gasteiger partial charge in [-0.1, -0.05) is 0 Å². The van der Waals surface area contributed by atoms with Crippen LogP contribution in [0.4, 0.5) is 18.9 Å². The highest BCUT2D eigenvalue weighted by atomic mass is 19.4. The van der Waals surface area contributed by atoms with E-state index >= 15 is 0 Å². The van der Waals surface area contributed by atoms with Crippen molar-refractivity contribution in [3.8, 4) is 11.1 Å². The Morgan fingerprint density at radius 3 is 2.43 bits per heavy atom. The van der Waals surface area contributed by atoms with Gasteiger partial charge >= 0.3 is 6.18 Å². The Labute approximate surface area is 131 Å². The summed E-state index contributed by atoms with van der Waals surface area (Å²) >= 11 is 0. The molecule has 0 unspecified atom stereocenters. The molecule has 3 nitrogen and oxygen atoms in total. The Kier molecular flexibility index (Phi) is 3.47. The number of aromatic nitrogens is 2. The van der Waals surface area contributed by atoms with Gasteiger partial charge in [0.15, 0.2) is 0 Å². The first kappa shape index (κ1) is 15.3. The highest BCUT2D eigenvalue weighted by Gasteiger charge is 2.37. The molecule has 0 fully saturated rings. The standard InChI is InChI=1S/C17H14F3N3/c1-9-3-4-22-7-13(9)12-6-11-5-10(2)23-8-14(11)16(21)15(12)17(18,19)20/h3-8H,21H2,1-2H3. The van der Waals surface area contributed by atoms with E-state index in [-0.39, 0.29) is 11.3 Å². The number of anilines is 1. The molecule has 1 aromatic carbocycles. The van der Waals surface area contributed by atoms with Crippen LogP contribution in [-0.4, -0.2) is 9.97 Å². The molecule has 0 aliphatic heterocycles. The van der Waals surface area contributed by atoms with Gasteiger partial charge in [-0.05, 0) is 48.6 Å². The SMILES string of the molecule is Cc1cc2cc(-c3cnccc3C)c(C(F)(F)F)c(N)c2cn1. The van der Waals surface area contributed by atoms with E-state index in [0.29, 0.717) is 27.6 Å².